The van der Waals surface area contributed by atoms with Gasteiger partial charge in [-0.3, -0.25) is 4.68 Å². The third-order valence-electron chi connectivity index (χ3n) is 3.47. The first-order valence-corrected chi connectivity index (χ1v) is 7.02. The molecule has 0 bridgehead atoms. The second-order valence-electron chi connectivity index (χ2n) is 4.91. The Morgan fingerprint density at radius 1 is 1.35 bits per heavy atom. The fourth-order valence-electron chi connectivity index (χ4n) is 2.31. The van der Waals surface area contributed by atoms with Gasteiger partial charge in [-0.1, -0.05) is 17.7 Å². The van der Waals surface area contributed by atoms with Crippen molar-refractivity contribution in [3.63, 3.8) is 0 Å². The Balaban J connectivity index is 2.23. The van der Waals surface area contributed by atoms with Crippen molar-refractivity contribution >= 4 is 11.6 Å². The number of benzene rings is 1. The molecule has 2 aromatic rings. The van der Waals surface area contributed by atoms with Gasteiger partial charge >= 0.3 is 0 Å². The predicted molar refractivity (Wildman–Crippen MR) is 79.8 cm³/mol. The normalized spacial score (nSPS) is 11.1. The minimum atomic E-state index is -0.388. The SMILES string of the molecule is CNCCc1c(C)nn(Cc2ccc(Cl)c(F)c2)c1C. The number of aryl methyl sites for hydroxylation is 1. The molecule has 20 heavy (non-hydrogen) atoms. The number of halogens is 2. The van der Waals surface area contributed by atoms with Crippen molar-refractivity contribution in [2.24, 2.45) is 0 Å². The Morgan fingerprint density at radius 2 is 2.10 bits per heavy atom. The standard InChI is InChI=1S/C15H19ClFN3/c1-10-13(6-7-18-3)11(2)20(19-10)9-12-4-5-14(16)15(17)8-12/h4-5,8,18H,6-7,9H2,1-3H3. The molecule has 0 aliphatic heterocycles. The molecule has 3 nitrogen and oxygen atoms in total. The molecule has 108 valence electrons. The van der Waals surface area contributed by atoms with E-state index in [0.29, 0.717) is 6.54 Å². The highest BCUT2D eigenvalue weighted by Crippen LogP contribution is 2.18. The Morgan fingerprint density at radius 3 is 2.75 bits per heavy atom. The minimum Gasteiger partial charge on any atom is -0.319 e. The lowest BCUT2D eigenvalue weighted by Gasteiger charge is -2.06. The van der Waals surface area contributed by atoms with E-state index in [9.17, 15) is 4.39 Å². The van der Waals surface area contributed by atoms with Crippen LogP contribution in [0.5, 0.6) is 0 Å². The zero-order chi connectivity index (χ0) is 14.7. The van der Waals surface area contributed by atoms with Crippen LogP contribution < -0.4 is 5.32 Å². The molecular weight excluding hydrogens is 277 g/mol. The van der Waals surface area contributed by atoms with Crippen LogP contribution in [0.4, 0.5) is 4.39 Å². The van der Waals surface area contributed by atoms with Crippen LogP contribution in [-0.4, -0.2) is 23.4 Å². The number of nitrogens with one attached hydrogen (secondary N) is 1. The summed E-state index contributed by atoms with van der Waals surface area (Å²) in [6.45, 7) is 5.54. The number of nitrogens with zero attached hydrogens (tertiary/aromatic N) is 2. The zero-order valence-electron chi connectivity index (χ0n) is 12.0. The van der Waals surface area contributed by atoms with E-state index in [1.54, 1.807) is 6.07 Å². The van der Waals surface area contributed by atoms with E-state index in [0.717, 1.165) is 29.9 Å². The van der Waals surface area contributed by atoms with Gasteiger partial charge in [-0.25, -0.2) is 4.39 Å². The first kappa shape index (κ1) is 15.0. The molecule has 2 rings (SSSR count). The summed E-state index contributed by atoms with van der Waals surface area (Å²) in [7, 11) is 1.94. The summed E-state index contributed by atoms with van der Waals surface area (Å²) in [6, 6.07) is 4.88. The lowest BCUT2D eigenvalue weighted by Crippen LogP contribution is -2.11. The second kappa shape index (κ2) is 6.37. The van der Waals surface area contributed by atoms with Gasteiger partial charge in [0.15, 0.2) is 0 Å². The van der Waals surface area contributed by atoms with Crippen molar-refractivity contribution in [1.29, 1.82) is 0 Å². The Kier molecular flexibility index (Phi) is 4.78. The molecule has 0 saturated heterocycles. The van der Waals surface area contributed by atoms with Gasteiger partial charge in [0.25, 0.3) is 0 Å². The maximum Gasteiger partial charge on any atom is 0.142 e. The predicted octanol–water partition coefficient (Wildman–Crippen LogP) is 3.10. The van der Waals surface area contributed by atoms with Crippen molar-refractivity contribution in [3.8, 4) is 0 Å². The fraction of sp³-hybridized carbons (Fsp3) is 0.400. The molecule has 0 amide bonds. The van der Waals surface area contributed by atoms with Crippen molar-refractivity contribution < 1.29 is 4.39 Å². The molecule has 0 aliphatic carbocycles. The number of likely N-dealkylation sites (N-methyl/N-ethyl adjacent to an activating group) is 1. The van der Waals surface area contributed by atoms with Crippen molar-refractivity contribution in [2.75, 3.05) is 13.6 Å². The van der Waals surface area contributed by atoms with Crippen LogP contribution >= 0.6 is 11.6 Å². The van der Waals surface area contributed by atoms with Crippen molar-refractivity contribution in [3.05, 3.63) is 51.6 Å². The van der Waals surface area contributed by atoms with Crippen LogP contribution in [-0.2, 0) is 13.0 Å². The van der Waals surface area contributed by atoms with E-state index in [-0.39, 0.29) is 10.8 Å². The summed E-state index contributed by atoms with van der Waals surface area (Å²) in [5, 5.41) is 7.84. The van der Waals surface area contributed by atoms with Gasteiger partial charge < -0.3 is 5.32 Å². The molecule has 0 spiro atoms. The molecule has 1 aromatic heterocycles. The number of hydrogen-bond acceptors (Lipinski definition) is 2. The van der Waals surface area contributed by atoms with Gasteiger partial charge in [0, 0.05) is 5.69 Å². The van der Waals surface area contributed by atoms with E-state index in [1.165, 1.54) is 11.6 Å². The lowest BCUT2D eigenvalue weighted by atomic mass is 10.1. The van der Waals surface area contributed by atoms with E-state index in [4.69, 9.17) is 11.6 Å². The van der Waals surface area contributed by atoms with E-state index in [1.807, 2.05) is 24.7 Å². The van der Waals surface area contributed by atoms with Crippen LogP contribution in [0.3, 0.4) is 0 Å². The summed E-state index contributed by atoms with van der Waals surface area (Å²) >= 11 is 5.70. The highest BCUT2D eigenvalue weighted by atomic mass is 35.5. The third-order valence-corrected chi connectivity index (χ3v) is 3.78. The molecule has 0 aliphatic rings. The van der Waals surface area contributed by atoms with Gasteiger partial charge in [-0.15, -0.1) is 0 Å². The molecule has 0 atom stereocenters. The maximum atomic E-state index is 13.5. The summed E-state index contributed by atoms with van der Waals surface area (Å²) in [5.74, 6) is -0.388. The van der Waals surface area contributed by atoms with Crippen LogP contribution in [0, 0.1) is 19.7 Å². The first-order valence-electron chi connectivity index (χ1n) is 6.64. The Hall–Kier alpha value is -1.39. The monoisotopic (exact) mass is 295 g/mol. The van der Waals surface area contributed by atoms with Gasteiger partial charge in [0.1, 0.15) is 5.82 Å². The van der Waals surface area contributed by atoms with E-state index >= 15 is 0 Å². The molecule has 0 fully saturated rings. The van der Waals surface area contributed by atoms with E-state index < -0.39 is 0 Å². The quantitative estimate of drug-likeness (QED) is 0.918. The Bertz CT molecular complexity index is 607. The van der Waals surface area contributed by atoms with Gasteiger partial charge in [-0.05, 0) is 57.1 Å². The molecular formula is C15H19ClFN3. The molecule has 0 unspecified atom stereocenters. The zero-order valence-corrected chi connectivity index (χ0v) is 12.8. The minimum absolute atomic E-state index is 0.150. The lowest BCUT2D eigenvalue weighted by molar-refractivity contribution is 0.616. The van der Waals surface area contributed by atoms with Crippen LogP contribution in [0.2, 0.25) is 5.02 Å². The molecule has 1 N–H and O–H groups in total. The molecule has 1 heterocycles. The molecule has 0 radical (unpaired) electrons. The number of aromatic nitrogens is 2. The van der Waals surface area contributed by atoms with Gasteiger partial charge in [0.05, 0.1) is 17.3 Å². The smallest absolute Gasteiger partial charge is 0.142 e. The summed E-state index contributed by atoms with van der Waals surface area (Å²) in [4.78, 5) is 0. The van der Waals surface area contributed by atoms with Crippen LogP contribution in [0.25, 0.3) is 0 Å². The second-order valence-corrected chi connectivity index (χ2v) is 5.32. The average Bonchev–Trinajstić information content (AvgIpc) is 2.67. The Labute approximate surface area is 123 Å². The molecule has 5 heteroatoms. The molecule has 0 saturated carbocycles. The topological polar surface area (TPSA) is 29.9 Å². The largest absolute Gasteiger partial charge is 0.319 e. The van der Waals surface area contributed by atoms with Gasteiger partial charge in [-0.2, -0.15) is 5.10 Å². The number of hydrogen-bond donors (Lipinski definition) is 1. The van der Waals surface area contributed by atoms with E-state index in [2.05, 4.69) is 17.3 Å². The highest BCUT2D eigenvalue weighted by Gasteiger charge is 2.11. The average molecular weight is 296 g/mol. The summed E-state index contributed by atoms with van der Waals surface area (Å²) in [5.41, 5.74) is 4.28. The van der Waals surface area contributed by atoms with Crippen molar-refractivity contribution in [2.45, 2.75) is 26.8 Å². The van der Waals surface area contributed by atoms with Crippen molar-refractivity contribution in [1.82, 2.24) is 15.1 Å². The third kappa shape index (κ3) is 3.19. The first-order chi connectivity index (χ1) is 9.52. The maximum absolute atomic E-state index is 13.5. The number of rotatable bonds is 5. The molecule has 1 aromatic carbocycles. The fourth-order valence-corrected chi connectivity index (χ4v) is 2.43. The van der Waals surface area contributed by atoms with Crippen LogP contribution in [0.1, 0.15) is 22.5 Å². The van der Waals surface area contributed by atoms with Crippen LogP contribution in [0.15, 0.2) is 18.2 Å². The highest BCUT2D eigenvalue weighted by molar-refractivity contribution is 6.30. The summed E-state index contributed by atoms with van der Waals surface area (Å²) < 4.78 is 15.4. The summed E-state index contributed by atoms with van der Waals surface area (Å²) in [6.07, 6.45) is 0.948. The van der Waals surface area contributed by atoms with Gasteiger partial charge in [0.2, 0.25) is 0 Å².